The van der Waals surface area contributed by atoms with Crippen molar-refractivity contribution < 1.29 is 9.21 Å². The first-order valence-electron chi connectivity index (χ1n) is 8.41. The molecule has 1 N–H and O–H groups in total. The van der Waals surface area contributed by atoms with Crippen LogP contribution in [0, 0.1) is 6.92 Å². The summed E-state index contributed by atoms with van der Waals surface area (Å²) < 4.78 is 6.76. The van der Waals surface area contributed by atoms with Gasteiger partial charge in [0.05, 0.1) is 6.21 Å². The van der Waals surface area contributed by atoms with Crippen LogP contribution < -0.4 is 10.3 Å². The minimum absolute atomic E-state index is 0.275. The van der Waals surface area contributed by atoms with E-state index < -0.39 is 0 Å². The van der Waals surface area contributed by atoms with Gasteiger partial charge < -0.3 is 9.32 Å². The summed E-state index contributed by atoms with van der Waals surface area (Å²) >= 11 is 3.55. The van der Waals surface area contributed by atoms with Gasteiger partial charge in [-0.25, -0.2) is 5.43 Å². The summed E-state index contributed by atoms with van der Waals surface area (Å²) in [4.78, 5) is 14.2. The molecule has 3 rings (SSSR count). The van der Waals surface area contributed by atoms with Crippen LogP contribution in [0.1, 0.15) is 21.7 Å². The molecule has 2 aromatic carbocycles. The molecule has 0 atom stereocenters. The van der Waals surface area contributed by atoms with Crippen molar-refractivity contribution in [1.29, 1.82) is 0 Å². The Hall–Kier alpha value is -2.86. The summed E-state index contributed by atoms with van der Waals surface area (Å²) in [7, 11) is 3.85. The molecule has 6 heteroatoms. The average Bonchev–Trinajstić information content (AvgIpc) is 3.10. The summed E-state index contributed by atoms with van der Waals surface area (Å²) in [5.41, 5.74) is 6.15. The van der Waals surface area contributed by atoms with Crippen molar-refractivity contribution in [3.8, 4) is 11.3 Å². The molecule has 1 heterocycles. The number of hydrazone groups is 1. The smallest absolute Gasteiger partial charge is 0.271 e. The Balaban J connectivity index is 1.68. The molecule has 1 amide bonds. The lowest BCUT2D eigenvalue weighted by Crippen LogP contribution is -2.18. The van der Waals surface area contributed by atoms with Crippen molar-refractivity contribution in [3.05, 3.63) is 76.0 Å². The number of nitrogens with one attached hydrogen (secondary N) is 1. The molecule has 138 valence electrons. The first-order valence-corrected chi connectivity index (χ1v) is 9.20. The maximum atomic E-state index is 12.2. The van der Waals surface area contributed by atoms with E-state index in [0.29, 0.717) is 11.3 Å². The second-order valence-corrected chi connectivity index (χ2v) is 7.18. The number of halogens is 1. The van der Waals surface area contributed by atoms with E-state index in [9.17, 15) is 4.79 Å². The van der Waals surface area contributed by atoms with Crippen LogP contribution in [-0.2, 0) is 0 Å². The van der Waals surface area contributed by atoms with Crippen molar-refractivity contribution in [2.75, 3.05) is 19.0 Å². The van der Waals surface area contributed by atoms with E-state index in [1.165, 1.54) is 11.8 Å². The molecule has 5 nitrogen and oxygen atoms in total. The summed E-state index contributed by atoms with van der Waals surface area (Å²) in [6.45, 7) is 2.03. The number of anilines is 1. The highest BCUT2D eigenvalue weighted by molar-refractivity contribution is 9.10. The zero-order valence-electron chi connectivity index (χ0n) is 15.4. The predicted molar refractivity (Wildman–Crippen MR) is 112 cm³/mol. The fraction of sp³-hybridized carbons (Fsp3) is 0.143. The van der Waals surface area contributed by atoms with Crippen LogP contribution in [0.4, 0.5) is 5.69 Å². The SMILES string of the molecule is Cc1ccc(-c2ccc(/C=N\NC(=O)c3cccc(N(C)C)c3)o2)c(Br)c1. The van der Waals surface area contributed by atoms with Crippen molar-refractivity contribution in [3.63, 3.8) is 0 Å². The van der Waals surface area contributed by atoms with Gasteiger partial charge in [0, 0.05) is 35.4 Å². The van der Waals surface area contributed by atoms with Gasteiger partial charge in [0.2, 0.25) is 0 Å². The molecule has 0 saturated heterocycles. The van der Waals surface area contributed by atoms with Crippen LogP contribution in [0.25, 0.3) is 11.3 Å². The molecule has 3 aromatic rings. The molecule has 0 aliphatic heterocycles. The van der Waals surface area contributed by atoms with E-state index >= 15 is 0 Å². The second-order valence-electron chi connectivity index (χ2n) is 6.33. The molecule has 0 radical (unpaired) electrons. The number of nitrogens with zero attached hydrogens (tertiary/aromatic N) is 2. The van der Waals surface area contributed by atoms with E-state index in [1.54, 1.807) is 6.07 Å². The molecular weight excluding hydrogens is 406 g/mol. The summed E-state index contributed by atoms with van der Waals surface area (Å²) in [6.07, 6.45) is 1.49. The summed E-state index contributed by atoms with van der Waals surface area (Å²) in [6, 6.07) is 17.1. The zero-order valence-corrected chi connectivity index (χ0v) is 16.9. The predicted octanol–water partition coefficient (Wildman–Crippen LogP) is 4.85. The van der Waals surface area contributed by atoms with E-state index in [4.69, 9.17) is 4.42 Å². The van der Waals surface area contributed by atoms with Crippen LogP contribution >= 0.6 is 15.9 Å². The lowest BCUT2D eigenvalue weighted by Gasteiger charge is -2.12. The third kappa shape index (κ3) is 4.65. The Morgan fingerprint density at radius 3 is 2.70 bits per heavy atom. The van der Waals surface area contributed by atoms with Gasteiger partial charge in [0.1, 0.15) is 11.5 Å². The van der Waals surface area contributed by atoms with E-state index in [1.807, 2.05) is 74.4 Å². The maximum absolute atomic E-state index is 12.2. The number of hydrogen-bond acceptors (Lipinski definition) is 4. The first kappa shape index (κ1) is 18.9. The monoisotopic (exact) mass is 425 g/mol. The lowest BCUT2D eigenvalue weighted by molar-refractivity contribution is 0.0955. The van der Waals surface area contributed by atoms with Crippen molar-refractivity contribution in [1.82, 2.24) is 5.43 Å². The molecule has 0 aliphatic rings. The Bertz CT molecular complexity index is 993. The number of furan rings is 1. The summed E-state index contributed by atoms with van der Waals surface area (Å²) in [5, 5.41) is 3.99. The fourth-order valence-electron chi connectivity index (χ4n) is 2.53. The Labute approximate surface area is 166 Å². The molecule has 1 aromatic heterocycles. The second kappa shape index (κ2) is 8.22. The molecule has 0 bridgehead atoms. The number of benzene rings is 2. The first-order chi connectivity index (χ1) is 12.9. The Morgan fingerprint density at radius 1 is 1.15 bits per heavy atom. The highest BCUT2D eigenvalue weighted by Gasteiger charge is 2.09. The van der Waals surface area contributed by atoms with E-state index in [2.05, 4.69) is 26.5 Å². The van der Waals surface area contributed by atoms with Crippen molar-refractivity contribution >= 4 is 33.7 Å². The molecule has 0 unspecified atom stereocenters. The Kier molecular flexibility index (Phi) is 5.76. The number of carbonyl (C=O) groups is 1. The third-order valence-corrected chi connectivity index (χ3v) is 4.66. The topological polar surface area (TPSA) is 57.8 Å². The van der Waals surface area contributed by atoms with Gasteiger partial charge in [0.25, 0.3) is 5.91 Å². The van der Waals surface area contributed by atoms with Gasteiger partial charge in [-0.3, -0.25) is 4.79 Å². The largest absolute Gasteiger partial charge is 0.455 e. The Morgan fingerprint density at radius 2 is 1.96 bits per heavy atom. The molecule has 0 saturated carbocycles. The normalized spacial score (nSPS) is 11.0. The van der Waals surface area contributed by atoms with Gasteiger partial charge >= 0.3 is 0 Å². The van der Waals surface area contributed by atoms with Crippen LogP contribution in [0.15, 0.2) is 68.6 Å². The number of aryl methyl sites for hydroxylation is 1. The molecule has 0 fully saturated rings. The molecule has 0 spiro atoms. The fourth-order valence-corrected chi connectivity index (χ4v) is 3.22. The number of carbonyl (C=O) groups excluding carboxylic acids is 1. The zero-order chi connectivity index (χ0) is 19.4. The molecule has 27 heavy (non-hydrogen) atoms. The minimum atomic E-state index is -0.275. The van der Waals surface area contributed by atoms with Crippen molar-refractivity contribution in [2.45, 2.75) is 6.92 Å². The van der Waals surface area contributed by atoms with Gasteiger partial charge in [-0.15, -0.1) is 0 Å². The number of hydrogen-bond donors (Lipinski definition) is 1. The van der Waals surface area contributed by atoms with Gasteiger partial charge in [-0.05, 0) is 55.0 Å². The molecular formula is C21H20BrN3O2. The van der Waals surface area contributed by atoms with Gasteiger partial charge in [-0.2, -0.15) is 5.10 Å². The van der Waals surface area contributed by atoms with Crippen LogP contribution in [0.2, 0.25) is 0 Å². The number of amides is 1. The standard InChI is InChI=1S/C21H20BrN3O2/c1-14-7-9-18(19(22)11-14)20-10-8-17(27-20)13-23-24-21(26)15-5-4-6-16(12-15)25(2)3/h4-13H,1-3H3,(H,24,26)/b23-13-. The van der Waals surface area contributed by atoms with Crippen molar-refractivity contribution in [2.24, 2.45) is 5.10 Å². The van der Waals surface area contributed by atoms with E-state index in [0.717, 1.165) is 21.5 Å². The maximum Gasteiger partial charge on any atom is 0.271 e. The van der Waals surface area contributed by atoms with Gasteiger partial charge in [-0.1, -0.05) is 28.1 Å². The van der Waals surface area contributed by atoms with Gasteiger partial charge in [0.15, 0.2) is 0 Å². The lowest BCUT2D eigenvalue weighted by atomic mass is 10.1. The number of rotatable bonds is 5. The minimum Gasteiger partial charge on any atom is -0.455 e. The molecule has 0 aliphatic carbocycles. The highest BCUT2D eigenvalue weighted by atomic mass is 79.9. The van der Waals surface area contributed by atoms with Crippen LogP contribution in [0.3, 0.4) is 0 Å². The van der Waals surface area contributed by atoms with E-state index in [-0.39, 0.29) is 5.91 Å². The highest BCUT2D eigenvalue weighted by Crippen LogP contribution is 2.30. The summed E-state index contributed by atoms with van der Waals surface area (Å²) in [5.74, 6) is 1.01. The van der Waals surface area contributed by atoms with Crippen LogP contribution in [0.5, 0.6) is 0 Å². The average molecular weight is 426 g/mol. The third-order valence-electron chi connectivity index (χ3n) is 4.00. The van der Waals surface area contributed by atoms with Crippen LogP contribution in [-0.4, -0.2) is 26.2 Å². The quantitative estimate of drug-likeness (QED) is 0.469.